The van der Waals surface area contributed by atoms with Gasteiger partial charge in [0.15, 0.2) is 0 Å². The summed E-state index contributed by atoms with van der Waals surface area (Å²) >= 11 is 0. The highest BCUT2D eigenvalue weighted by Gasteiger charge is 2.20. The van der Waals surface area contributed by atoms with E-state index in [4.69, 9.17) is 10.5 Å². The number of nitrogens with two attached hydrogens (primary N) is 1. The first-order chi connectivity index (χ1) is 10.2. The monoisotopic (exact) mass is 291 g/mol. The average Bonchev–Trinajstić information content (AvgIpc) is 2.52. The molecule has 0 saturated carbocycles. The third-order valence-corrected chi connectivity index (χ3v) is 4.23. The van der Waals surface area contributed by atoms with Crippen LogP contribution in [0.4, 0.5) is 0 Å². The number of rotatable bonds is 7. The van der Waals surface area contributed by atoms with Crippen molar-refractivity contribution in [3.05, 3.63) is 29.8 Å². The molecule has 2 N–H and O–H groups in total. The maximum atomic E-state index is 5.82. The molecule has 0 aliphatic carbocycles. The molecule has 0 radical (unpaired) electrons. The minimum absolute atomic E-state index is 0.566. The van der Waals surface area contributed by atoms with Gasteiger partial charge in [-0.25, -0.2) is 0 Å². The second kappa shape index (κ2) is 8.37. The Morgan fingerprint density at radius 2 is 2.24 bits per heavy atom. The molecule has 1 aromatic rings. The van der Waals surface area contributed by atoms with Gasteiger partial charge in [0.25, 0.3) is 0 Å². The van der Waals surface area contributed by atoms with Crippen LogP contribution in [0.3, 0.4) is 0 Å². The number of likely N-dealkylation sites (tertiary alicyclic amines) is 1. The molecule has 2 rings (SSSR count). The Bertz CT molecular complexity index is 422. The van der Waals surface area contributed by atoms with Crippen LogP contribution in [0.25, 0.3) is 0 Å². The fourth-order valence-corrected chi connectivity index (χ4v) is 2.90. The third-order valence-electron chi connectivity index (χ3n) is 4.23. The minimum Gasteiger partial charge on any atom is -0.494 e. The Kier molecular flexibility index (Phi) is 6.49. The Hall–Kier alpha value is -1.10. The van der Waals surface area contributed by atoms with Gasteiger partial charge in [-0.1, -0.05) is 12.1 Å². The van der Waals surface area contributed by atoms with Crippen LogP contribution in [0.15, 0.2) is 24.3 Å². The Morgan fingerprint density at radius 1 is 1.38 bits per heavy atom. The summed E-state index contributed by atoms with van der Waals surface area (Å²) in [7, 11) is 4.36. The van der Waals surface area contributed by atoms with E-state index in [9.17, 15) is 0 Å². The predicted octanol–water partition coefficient (Wildman–Crippen LogP) is 1.94. The zero-order valence-electron chi connectivity index (χ0n) is 13.4. The second-order valence-corrected chi connectivity index (χ2v) is 6.11. The van der Waals surface area contributed by atoms with Crippen LogP contribution in [-0.2, 0) is 6.54 Å². The van der Waals surface area contributed by atoms with Crippen molar-refractivity contribution in [3.8, 4) is 5.75 Å². The molecule has 1 atom stereocenters. The molecule has 1 aliphatic rings. The number of likely N-dealkylation sites (N-methyl/N-ethyl adjacent to an activating group) is 1. The molecule has 1 unspecified atom stereocenters. The quantitative estimate of drug-likeness (QED) is 0.780. The van der Waals surface area contributed by atoms with Crippen LogP contribution < -0.4 is 10.5 Å². The Balaban J connectivity index is 1.67. The van der Waals surface area contributed by atoms with Crippen molar-refractivity contribution in [2.75, 3.05) is 40.3 Å². The smallest absolute Gasteiger partial charge is 0.119 e. The van der Waals surface area contributed by atoms with Crippen molar-refractivity contribution >= 4 is 0 Å². The van der Waals surface area contributed by atoms with Gasteiger partial charge in [0, 0.05) is 25.7 Å². The first-order valence-corrected chi connectivity index (χ1v) is 7.99. The molecule has 21 heavy (non-hydrogen) atoms. The van der Waals surface area contributed by atoms with Gasteiger partial charge in [-0.2, -0.15) is 0 Å². The molecular weight excluding hydrogens is 262 g/mol. The van der Waals surface area contributed by atoms with Crippen molar-refractivity contribution in [3.63, 3.8) is 0 Å². The molecule has 0 aromatic heterocycles. The summed E-state index contributed by atoms with van der Waals surface area (Å²) in [5.41, 5.74) is 6.76. The zero-order chi connectivity index (χ0) is 15.1. The summed E-state index contributed by atoms with van der Waals surface area (Å²) in [6.45, 7) is 4.89. The number of ether oxygens (including phenoxy) is 1. The average molecular weight is 291 g/mol. The third kappa shape index (κ3) is 5.30. The fourth-order valence-electron chi connectivity index (χ4n) is 2.90. The van der Waals surface area contributed by atoms with E-state index >= 15 is 0 Å². The number of piperidine rings is 1. The highest BCUT2D eigenvalue weighted by molar-refractivity contribution is 5.28. The molecule has 1 fully saturated rings. The van der Waals surface area contributed by atoms with Crippen LogP contribution in [0.1, 0.15) is 24.8 Å². The van der Waals surface area contributed by atoms with E-state index < -0.39 is 0 Å². The van der Waals surface area contributed by atoms with Crippen LogP contribution >= 0.6 is 0 Å². The lowest BCUT2D eigenvalue weighted by Gasteiger charge is -2.36. The van der Waals surface area contributed by atoms with E-state index in [1.54, 1.807) is 0 Å². The van der Waals surface area contributed by atoms with Crippen molar-refractivity contribution in [1.29, 1.82) is 0 Å². The normalized spacial score (nSPS) is 19.9. The summed E-state index contributed by atoms with van der Waals surface area (Å²) in [5, 5.41) is 0. The summed E-state index contributed by atoms with van der Waals surface area (Å²) in [4.78, 5) is 4.91. The molecule has 1 aliphatic heterocycles. The summed E-state index contributed by atoms with van der Waals surface area (Å²) < 4.78 is 5.82. The van der Waals surface area contributed by atoms with Crippen LogP contribution in [0, 0.1) is 0 Å². The van der Waals surface area contributed by atoms with Crippen molar-refractivity contribution in [2.45, 2.75) is 31.8 Å². The van der Waals surface area contributed by atoms with Gasteiger partial charge >= 0.3 is 0 Å². The second-order valence-electron chi connectivity index (χ2n) is 6.11. The van der Waals surface area contributed by atoms with E-state index in [1.807, 2.05) is 24.3 Å². The van der Waals surface area contributed by atoms with E-state index in [0.717, 1.165) is 30.9 Å². The standard InChI is InChI=1S/C17H29N3O/c1-19(2)16-7-4-9-20(14-16)10-5-11-21-17-8-3-6-15(12-17)13-18/h3,6,8,12,16H,4-5,7,9-11,13-14,18H2,1-2H3. The van der Waals surface area contributed by atoms with Gasteiger partial charge in [0.05, 0.1) is 6.61 Å². The maximum Gasteiger partial charge on any atom is 0.119 e. The molecule has 1 aromatic carbocycles. The number of benzene rings is 1. The Morgan fingerprint density at radius 3 is 3.00 bits per heavy atom. The van der Waals surface area contributed by atoms with Crippen LogP contribution in [0.2, 0.25) is 0 Å². The molecule has 0 bridgehead atoms. The number of nitrogens with zero attached hydrogens (tertiary/aromatic N) is 2. The number of hydrogen-bond donors (Lipinski definition) is 1. The van der Waals surface area contributed by atoms with Crippen molar-refractivity contribution in [1.82, 2.24) is 9.80 Å². The molecule has 1 heterocycles. The molecule has 4 heteroatoms. The minimum atomic E-state index is 0.566. The van der Waals surface area contributed by atoms with Gasteiger partial charge in [-0.15, -0.1) is 0 Å². The van der Waals surface area contributed by atoms with E-state index in [1.165, 1.54) is 25.9 Å². The van der Waals surface area contributed by atoms with Gasteiger partial charge in [0.1, 0.15) is 5.75 Å². The van der Waals surface area contributed by atoms with E-state index in [-0.39, 0.29) is 0 Å². The highest BCUT2D eigenvalue weighted by atomic mass is 16.5. The van der Waals surface area contributed by atoms with Crippen LogP contribution in [0.5, 0.6) is 5.75 Å². The van der Waals surface area contributed by atoms with Crippen molar-refractivity contribution < 1.29 is 4.74 Å². The van der Waals surface area contributed by atoms with E-state index in [2.05, 4.69) is 23.9 Å². The maximum absolute atomic E-state index is 5.82. The molecule has 4 nitrogen and oxygen atoms in total. The van der Waals surface area contributed by atoms with Gasteiger partial charge in [-0.05, 0) is 57.6 Å². The molecule has 118 valence electrons. The predicted molar refractivity (Wildman–Crippen MR) is 87.6 cm³/mol. The molecule has 1 saturated heterocycles. The summed E-state index contributed by atoms with van der Waals surface area (Å²) in [6.07, 6.45) is 3.71. The van der Waals surface area contributed by atoms with E-state index in [0.29, 0.717) is 12.6 Å². The van der Waals surface area contributed by atoms with Gasteiger partial charge in [-0.3, -0.25) is 0 Å². The molecule has 0 amide bonds. The van der Waals surface area contributed by atoms with Crippen LogP contribution in [-0.4, -0.2) is 56.2 Å². The lowest BCUT2D eigenvalue weighted by molar-refractivity contribution is 0.127. The largest absolute Gasteiger partial charge is 0.494 e. The fraction of sp³-hybridized carbons (Fsp3) is 0.647. The van der Waals surface area contributed by atoms with Gasteiger partial charge in [0.2, 0.25) is 0 Å². The first-order valence-electron chi connectivity index (χ1n) is 7.99. The lowest BCUT2D eigenvalue weighted by atomic mass is 10.0. The molecule has 0 spiro atoms. The summed E-state index contributed by atoms with van der Waals surface area (Å²) in [6, 6.07) is 8.78. The summed E-state index contributed by atoms with van der Waals surface area (Å²) in [5.74, 6) is 0.933. The van der Waals surface area contributed by atoms with Crippen molar-refractivity contribution in [2.24, 2.45) is 5.73 Å². The lowest BCUT2D eigenvalue weighted by Crippen LogP contribution is -2.45. The van der Waals surface area contributed by atoms with Gasteiger partial charge < -0.3 is 20.3 Å². The SMILES string of the molecule is CN(C)C1CCCN(CCCOc2cccc(CN)c2)C1. The zero-order valence-corrected chi connectivity index (χ0v) is 13.4. The number of hydrogen-bond acceptors (Lipinski definition) is 4. The first kappa shape index (κ1) is 16.3. The topological polar surface area (TPSA) is 41.7 Å². The highest BCUT2D eigenvalue weighted by Crippen LogP contribution is 2.15. The Labute approximate surface area is 128 Å². The molecular formula is C17H29N3O.